The summed E-state index contributed by atoms with van der Waals surface area (Å²) in [5, 5.41) is 6.64. The van der Waals surface area contributed by atoms with Crippen molar-refractivity contribution in [2.45, 2.75) is 33.2 Å². The molecule has 0 aliphatic carbocycles. The Bertz CT molecular complexity index is 936. The standard InChI is InChI=1S/C18H19N5O3/c1-11-14(12(2)21-18(25)20-11)8-9-16(24)19-10-15-22-17(26-23-15)13-6-4-3-5-7-13/h3-7H,8-10H2,1-2H3,(H,19,24)(H,20,21,25). The van der Waals surface area contributed by atoms with Crippen LogP contribution >= 0.6 is 0 Å². The second-order valence-corrected chi connectivity index (χ2v) is 5.89. The molecule has 134 valence electrons. The number of aromatic amines is 1. The van der Waals surface area contributed by atoms with E-state index in [0.29, 0.717) is 23.8 Å². The number of benzene rings is 1. The van der Waals surface area contributed by atoms with Crippen LogP contribution in [0.1, 0.15) is 29.2 Å². The van der Waals surface area contributed by atoms with E-state index in [1.54, 1.807) is 13.8 Å². The Morgan fingerprint density at radius 3 is 2.69 bits per heavy atom. The highest BCUT2D eigenvalue weighted by Crippen LogP contribution is 2.16. The zero-order valence-corrected chi connectivity index (χ0v) is 14.6. The van der Waals surface area contributed by atoms with Crippen LogP contribution in [0.25, 0.3) is 11.5 Å². The summed E-state index contributed by atoms with van der Waals surface area (Å²) < 4.78 is 5.20. The van der Waals surface area contributed by atoms with E-state index in [1.807, 2.05) is 30.3 Å². The quantitative estimate of drug-likeness (QED) is 0.697. The molecule has 8 nitrogen and oxygen atoms in total. The molecular formula is C18H19N5O3. The first-order valence-corrected chi connectivity index (χ1v) is 8.24. The Hall–Kier alpha value is -3.29. The number of nitrogens with zero attached hydrogens (tertiary/aromatic N) is 3. The lowest BCUT2D eigenvalue weighted by molar-refractivity contribution is -0.121. The van der Waals surface area contributed by atoms with Gasteiger partial charge < -0.3 is 14.8 Å². The van der Waals surface area contributed by atoms with Gasteiger partial charge in [-0.2, -0.15) is 9.97 Å². The van der Waals surface area contributed by atoms with Crippen molar-refractivity contribution in [3.63, 3.8) is 0 Å². The van der Waals surface area contributed by atoms with Gasteiger partial charge in [-0.25, -0.2) is 4.79 Å². The van der Waals surface area contributed by atoms with Crippen molar-refractivity contribution < 1.29 is 9.32 Å². The van der Waals surface area contributed by atoms with Crippen LogP contribution < -0.4 is 11.0 Å². The Kier molecular flexibility index (Phi) is 5.21. The van der Waals surface area contributed by atoms with Crippen molar-refractivity contribution in [1.29, 1.82) is 0 Å². The molecule has 0 bridgehead atoms. The van der Waals surface area contributed by atoms with Crippen LogP contribution in [0.4, 0.5) is 0 Å². The van der Waals surface area contributed by atoms with Gasteiger partial charge in [0.25, 0.3) is 5.89 Å². The van der Waals surface area contributed by atoms with Crippen LogP contribution in [-0.2, 0) is 17.8 Å². The molecule has 1 aromatic carbocycles. The molecule has 0 aliphatic heterocycles. The maximum atomic E-state index is 12.1. The van der Waals surface area contributed by atoms with Gasteiger partial charge in [-0.05, 0) is 38.0 Å². The van der Waals surface area contributed by atoms with Crippen LogP contribution in [0.2, 0.25) is 0 Å². The van der Waals surface area contributed by atoms with E-state index in [2.05, 4.69) is 25.4 Å². The predicted molar refractivity (Wildman–Crippen MR) is 94.2 cm³/mol. The second kappa shape index (κ2) is 7.73. The third-order valence-corrected chi connectivity index (χ3v) is 3.99. The van der Waals surface area contributed by atoms with Crippen LogP contribution in [0.3, 0.4) is 0 Å². The second-order valence-electron chi connectivity index (χ2n) is 5.89. The number of amides is 1. The summed E-state index contributed by atoms with van der Waals surface area (Å²) in [4.78, 5) is 34.1. The van der Waals surface area contributed by atoms with Crippen molar-refractivity contribution in [1.82, 2.24) is 25.4 Å². The van der Waals surface area contributed by atoms with Gasteiger partial charge in [0.15, 0.2) is 5.82 Å². The van der Waals surface area contributed by atoms with Gasteiger partial charge in [-0.1, -0.05) is 23.4 Å². The highest BCUT2D eigenvalue weighted by molar-refractivity contribution is 5.76. The molecule has 1 amide bonds. The van der Waals surface area contributed by atoms with E-state index in [-0.39, 0.29) is 24.6 Å². The maximum Gasteiger partial charge on any atom is 0.345 e. The summed E-state index contributed by atoms with van der Waals surface area (Å²) in [6, 6.07) is 9.42. The van der Waals surface area contributed by atoms with E-state index >= 15 is 0 Å². The summed E-state index contributed by atoms with van der Waals surface area (Å²) in [7, 11) is 0. The van der Waals surface area contributed by atoms with Crippen LogP contribution in [-0.4, -0.2) is 26.0 Å². The number of aromatic nitrogens is 4. The molecule has 0 atom stereocenters. The molecule has 0 saturated heterocycles. The summed E-state index contributed by atoms with van der Waals surface area (Å²) in [5.74, 6) is 0.691. The molecule has 0 saturated carbocycles. The number of hydrogen-bond acceptors (Lipinski definition) is 6. The SMILES string of the molecule is Cc1nc(=O)[nH]c(C)c1CCC(=O)NCc1noc(-c2ccccc2)n1. The number of H-pyrrole nitrogens is 1. The largest absolute Gasteiger partial charge is 0.349 e. The summed E-state index contributed by atoms with van der Waals surface area (Å²) in [5.41, 5.74) is 2.71. The molecule has 26 heavy (non-hydrogen) atoms. The lowest BCUT2D eigenvalue weighted by atomic mass is 10.1. The lowest BCUT2D eigenvalue weighted by Crippen LogP contribution is -2.24. The molecule has 2 heterocycles. The summed E-state index contributed by atoms with van der Waals surface area (Å²) in [6.07, 6.45) is 0.771. The molecule has 3 rings (SSSR count). The van der Waals surface area contributed by atoms with Gasteiger partial charge in [0.2, 0.25) is 5.91 Å². The van der Waals surface area contributed by atoms with Gasteiger partial charge in [-0.3, -0.25) is 4.79 Å². The fourth-order valence-electron chi connectivity index (χ4n) is 2.65. The number of nitrogens with one attached hydrogen (secondary N) is 2. The molecule has 0 aliphatic rings. The summed E-state index contributed by atoms with van der Waals surface area (Å²) >= 11 is 0. The minimum absolute atomic E-state index is 0.138. The van der Waals surface area contributed by atoms with E-state index in [0.717, 1.165) is 16.8 Å². The van der Waals surface area contributed by atoms with Crippen molar-refractivity contribution in [3.8, 4) is 11.5 Å². The number of hydrogen-bond donors (Lipinski definition) is 2. The van der Waals surface area contributed by atoms with Crippen LogP contribution in [0, 0.1) is 13.8 Å². The zero-order chi connectivity index (χ0) is 18.5. The number of carbonyl (C=O) groups excluding carboxylic acids is 1. The lowest BCUT2D eigenvalue weighted by Gasteiger charge is -2.08. The minimum atomic E-state index is -0.375. The zero-order valence-electron chi connectivity index (χ0n) is 14.6. The monoisotopic (exact) mass is 353 g/mol. The third-order valence-electron chi connectivity index (χ3n) is 3.99. The highest BCUT2D eigenvalue weighted by atomic mass is 16.5. The molecule has 2 N–H and O–H groups in total. The van der Waals surface area contributed by atoms with Crippen LogP contribution in [0.5, 0.6) is 0 Å². The Labute approximate surface area is 149 Å². The topological polar surface area (TPSA) is 114 Å². The molecular weight excluding hydrogens is 334 g/mol. The molecule has 0 spiro atoms. The van der Waals surface area contributed by atoms with Gasteiger partial charge in [0, 0.05) is 23.4 Å². The average molecular weight is 353 g/mol. The fraction of sp³-hybridized carbons (Fsp3) is 0.278. The van der Waals surface area contributed by atoms with Gasteiger partial charge in [-0.15, -0.1) is 0 Å². The first-order chi connectivity index (χ1) is 12.5. The highest BCUT2D eigenvalue weighted by Gasteiger charge is 2.11. The van der Waals surface area contributed by atoms with Crippen molar-refractivity contribution >= 4 is 5.91 Å². The summed E-state index contributed by atoms with van der Waals surface area (Å²) in [6.45, 7) is 3.75. The smallest absolute Gasteiger partial charge is 0.345 e. The molecule has 0 radical (unpaired) electrons. The van der Waals surface area contributed by atoms with Crippen molar-refractivity contribution in [3.05, 3.63) is 63.6 Å². The Morgan fingerprint density at radius 1 is 1.19 bits per heavy atom. The van der Waals surface area contributed by atoms with E-state index < -0.39 is 0 Å². The first-order valence-electron chi connectivity index (χ1n) is 8.24. The maximum absolute atomic E-state index is 12.1. The molecule has 2 aromatic heterocycles. The number of rotatable bonds is 6. The Morgan fingerprint density at radius 2 is 1.96 bits per heavy atom. The third kappa shape index (κ3) is 4.21. The minimum Gasteiger partial charge on any atom is -0.349 e. The normalized spacial score (nSPS) is 10.7. The van der Waals surface area contributed by atoms with Crippen LogP contribution in [0.15, 0.2) is 39.6 Å². The predicted octanol–water partition coefficient (Wildman–Crippen LogP) is 1.69. The van der Waals surface area contributed by atoms with Gasteiger partial charge in [0.1, 0.15) is 0 Å². The van der Waals surface area contributed by atoms with E-state index in [1.165, 1.54) is 0 Å². The van der Waals surface area contributed by atoms with E-state index in [9.17, 15) is 9.59 Å². The number of carbonyl (C=O) groups is 1. The molecule has 0 unspecified atom stereocenters. The molecule has 0 fully saturated rings. The average Bonchev–Trinajstić information content (AvgIpc) is 3.09. The van der Waals surface area contributed by atoms with E-state index in [4.69, 9.17) is 4.52 Å². The first kappa shape index (κ1) is 17.5. The fourth-order valence-corrected chi connectivity index (χ4v) is 2.65. The van der Waals surface area contributed by atoms with Crippen molar-refractivity contribution in [2.24, 2.45) is 0 Å². The van der Waals surface area contributed by atoms with Crippen molar-refractivity contribution in [2.75, 3.05) is 0 Å². The Balaban J connectivity index is 1.54. The molecule has 8 heteroatoms. The van der Waals surface area contributed by atoms with Gasteiger partial charge in [0.05, 0.1) is 6.54 Å². The van der Waals surface area contributed by atoms with Gasteiger partial charge >= 0.3 is 5.69 Å². The number of aryl methyl sites for hydroxylation is 2. The molecule has 3 aromatic rings.